The van der Waals surface area contributed by atoms with Crippen LogP contribution in [0.4, 0.5) is 0 Å². The van der Waals surface area contributed by atoms with E-state index in [0.29, 0.717) is 6.04 Å². The van der Waals surface area contributed by atoms with Crippen molar-refractivity contribution in [3.63, 3.8) is 0 Å². The fourth-order valence-electron chi connectivity index (χ4n) is 2.33. The van der Waals surface area contributed by atoms with Crippen LogP contribution in [0.1, 0.15) is 52.5 Å². The van der Waals surface area contributed by atoms with Crippen molar-refractivity contribution in [1.82, 2.24) is 14.8 Å². The van der Waals surface area contributed by atoms with E-state index in [4.69, 9.17) is 0 Å². The Labute approximate surface area is 113 Å². The van der Waals surface area contributed by atoms with Gasteiger partial charge in [0.15, 0.2) is 5.16 Å². The Hall–Kier alpha value is -0.550. The van der Waals surface area contributed by atoms with Gasteiger partial charge in [-0.05, 0) is 45.4 Å². The van der Waals surface area contributed by atoms with Crippen molar-refractivity contribution in [3.05, 3.63) is 6.33 Å². The topological polar surface area (TPSA) is 50.9 Å². The molecule has 1 aromatic heterocycles. The van der Waals surface area contributed by atoms with E-state index in [9.17, 15) is 5.11 Å². The van der Waals surface area contributed by atoms with Crippen LogP contribution in [0.3, 0.4) is 0 Å². The number of hydrogen-bond donors (Lipinski definition) is 1. The van der Waals surface area contributed by atoms with Crippen molar-refractivity contribution < 1.29 is 5.11 Å². The first-order valence-corrected chi connectivity index (χ1v) is 7.73. The molecular weight excluding hydrogens is 246 g/mol. The molecule has 1 aromatic rings. The lowest BCUT2D eigenvalue weighted by molar-refractivity contribution is 0.0149. The lowest BCUT2D eigenvalue weighted by Gasteiger charge is -2.34. The molecule has 1 saturated carbocycles. The van der Waals surface area contributed by atoms with E-state index in [-0.39, 0.29) is 0 Å². The average molecular weight is 269 g/mol. The van der Waals surface area contributed by atoms with Crippen LogP contribution in [0, 0.1) is 5.92 Å². The van der Waals surface area contributed by atoms with Crippen LogP contribution < -0.4 is 0 Å². The van der Waals surface area contributed by atoms with E-state index in [2.05, 4.69) is 35.5 Å². The molecule has 5 heteroatoms. The summed E-state index contributed by atoms with van der Waals surface area (Å²) in [7, 11) is 0. The van der Waals surface area contributed by atoms with E-state index in [1.165, 1.54) is 0 Å². The summed E-state index contributed by atoms with van der Waals surface area (Å²) in [6.45, 7) is 6.50. The summed E-state index contributed by atoms with van der Waals surface area (Å²) < 4.78 is 2.06. The lowest BCUT2D eigenvalue weighted by Crippen LogP contribution is -2.36. The van der Waals surface area contributed by atoms with Crippen LogP contribution in [0.5, 0.6) is 0 Å². The van der Waals surface area contributed by atoms with Crippen molar-refractivity contribution in [1.29, 1.82) is 0 Å². The maximum absolute atomic E-state index is 10.5. The van der Waals surface area contributed by atoms with Gasteiger partial charge in [-0.15, -0.1) is 10.2 Å². The average Bonchev–Trinajstić information content (AvgIpc) is 2.79. The third-order valence-corrected chi connectivity index (χ3v) is 5.00. The quantitative estimate of drug-likeness (QED) is 0.854. The second kappa shape index (κ2) is 5.61. The minimum Gasteiger partial charge on any atom is -0.389 e. The molecule has 1 aliphatic carbocycles. The van der Waals surface area contributed by atoms with Crippen molar-refractivity contribution in [2.24, 2.45) is 5.92 Å². The molecule has 0 spiro atoms. The van der Waals surface area contributed by atoms with Gasteiger partial charge < -0.3 is 9.67 Å². The molecule has 4 nitrogen and oxygen atoms in total. The van der Waals surface area contributed by atoms with Gasteiger partial charge >= 0.3 is 0 Å². The molecule has 2 rings (SSSR count). The van der Waals surface area contributed by atoms with E-state index >= 15 is 0 Å². The Morgan fingerprint density at radius 2 is 2.17 bits per heavy atom. The summed E-state index contributed by atoms with van der Waals surface area (Å²) in [6, 6.07) is 0.364. The molecule has 1 aliphatic rings. The summed E-state index contributed by atoms with van der Waals surface area (Å²) in [4.78, 5) is 0. The Morgan fingerprint density at radius 3 is 2.78 bits per heavy atom. The smallest absolute Gasteiger partial charge is 0.191 e. The molecule has 18 heavy (non-hydrogen) atoms. The summed E-state index contributed by atoms with van der Waals surface area (Å²) >= 11 is 1.63. The molecule has 1 fully saturated rings. The van der Waals surface area contributed by atoms with Crippen LogP contribution in [0.15, 0.2) is 11.5 Å². The third kappa shape index (κ3) is 3.26. The fourth-order valence-corrected chi connectivity index (χ4v) is 3.53. The Kier molecular flexibility index (Phi) is 4.33. The van der Waals surface area contributed by atoms with Crippen LogP contribution in [0.2, 0.25) is 0 Å². The Morgan fingerprint density at radius 1 is 1.50 bits per heavy atom. The Balaban J connectivity index is 1.93. The van der Waals surface area contributed by atoms with Gasteiger partial charge in [-0.1, -0.05) is 18.7 Å². The van der Waals surface area contributed by atoms with Gasteiger partial charge in [-0.3, -0.25) is 0 Å². The standard InChI is InChI=1S/C13H23N3OS/c1-10(2)16-9-14-15-12(16)18-8-13(17)6-4-11(3)5-7-13/h9-11,17H,4-8H2,1-3H3. The normalized spacial score (nSPS) is 28.8. The van der Waals surface area contributed by atoms with Gasteiger partial charge in [0.05, 0.1) is 5.60 Å². The van der Waals surface area contributed by atoms with Crippen LogP contribution in [-0.4, -0.2) is 31.2 Å². The van der Waals surface area contributed by atoms with E-state index < -0.39 is 5.60 Å². The zero-order chi connectivity index (χ0) is 13.2. The monoisotopic (exact) mass is 269 g/mol. The zero-order valence-electron chi connectivity index (χ0n) is 11.5. The highest BCUT2D eigenvalue weighted by molar-refractivity contribution is 7.99. The molecule has 102 valence electrons. The predicted molar refractivity (Wildman–Crippen MR) is 73.7 cm³/mol. The van der Waals surface area contributed by atoms with Crippen molar-refractivity contribution >= 4 is 11.8 Å². The van der Waals surface area contributed by atoms with Gasteiger partial charge in [-0.2, -0.15) is 0 Å². The van der Waals surface area contributed by atoms with Gasteiger partial charge in [0.1, 0.15) is 6.33 Å². The highest BCUT2D eigenvalue weighted by Gasteiger charge is 2.32. The minimum atomic E-state index is -0.509. The molecule has 1 N–H and O–H groups in total. The molecular formula is C13H23N3OS. The molecule has 0 aliphatic heterocycles. The van der Waals surface area contributed by atoms with Gasteiger partial charge in [0.2, 0.25) is 0 Å². The molecule has 0 saturated heterocycles. The molecule has 0 unspecified atom stereocenters. The van der Waals surface area contributed by atoms with Crippen LogP contribution in [-0.2, 0) is 0 Å². The van der Waals surface area contributed by atoms with E-state index in [1.54, 1.807) is 18.1 Å². The predicted octanol–water partition coefficient (Wildman–Crippen LogP) is 2.89. The summed E-state index contributed by atoms with van der Waals surface area (Å²) in [5.74, 6) is 1.49. The largest absolute Gasteiger partial charge is 0.389 e. The fraction of sp³-hybridized carbons (Fsp3) is 0.846. The maximum atomic E-state index is 10.5. The molecule has 0 radical (unpaired) electrons. The highest BCUT2D eigenvalue weighted by Crippen LogP contribution is 2.35. The second-order valence-electron chi connectivity index (χ2n) is 5.81. The minimum absolute atomic E-state index is 0.364. The SMILES string of the molecule is CC1CCC(O)(CSc2nncn2C(C)C)CC1. The molecule has 1 heterocycles. The molecule has 0 bridgehead atoms. The van der Waals surface area contributed by atoms with E-state index in [1.807, 2.05) is 0 Å². The molecule has 0 atom stereocenters. The molecule has 0 amide bonds. The number of thioether (sulfide) groups is 1. The number of hydrogen-bond acceptors (Lipinski definition) is 4. The zero-order valence-corrected chi connectivity index (χ0v) is 12.3. The number of aliphatic hydroxyl groups is 1. The highest BCUT2D eigenvalue weighted by atomic mass is 32.2. The van der Waals surface area contributed by atoms with Crippen LogP contribution >= 0.6 is 11.8 Å². The second-order valence-corrected chi connectivity index (χ2v) is 6.75. The summed E-state index contributed by atoms with van der Waals surface area (Å²) in [5.41, 5.74) is -0.509. The van der Waals surface area contributed by atoms with Crippen molar-refractivity contribution in [2.75, 3.05) is 5.75 Å². The summed E-state index contributed by atoms with van der Waals surface area (Å²) in [6.07, 6.45) is 5.86. The van der Waals surface area contributed by atoms with Gasteiger partial charge in [0.25, 0.3) is 0 Å². The number of rotatable bonds is 4. The van der Waals surface area contributed by atoms with Gasteiger partial charge in [-0.25, -0.2) is 0 Å². The van der Waals surface area contributed by atoms with Gasteiger partial charge in [0, 0.05) is 11.8 Å². The number of aromatic nitrogens is 3. The maximum Gasteiger partial charge on any atom is 0.191 e. The third-order valence-electron chi connectivity index (χ3n) is 3.77. The first-order chi connectivity index (χ1) is 8.50. The first kappa shape index (κ1) is 13.9. The number of nitrogens with zero attached hydrogens (tertiary/aromatic N) is 3. The molecule has 0 aromatic carbocycles. The van der Waals surface area contributed by atoms with E-state index in [0.717, 1.165) is 42.5 Å². The van der Waals surface area contributed by atoms with Crippen molar-refractivity contribution in [3.8, 4) is 0 Å². The lowest BCUT2D eigenvalue weighted by atomic mass is 9.81. The van der Waals surface area contributed by atoms with Crippen LogP contribution in [0.25, 0.3) is 0 Å². The first-order valence-electron chi connectivity index (χ1n) is 6.75. The van der Waals surface area contributed by atoms with Crippen molar-refractivity contribution in [2.45, 2.75) is 63.3 Å². The Bertz CT molecular complexity index is 383. The summed E-state index contributed by atoms with van der Waals surface area (Å²) in [5, 5.41) is 19.5.